The summed E-state index contributed by atoms with van der Waals surface area (Å²) in [6.07, 6.45) is 11.9. The number of benzene rings is 4. The molecule has 318 valence electrons. The maximum atomic E-state index is 7.10. The van der Waals surface area contributed by atoms with Crippen molar-refractivity contribution in [2.75, 3.05) is 39.6 Å². The van der Waals surface area contributed by atoms with Gasteiger partial charge in [0.05, 0.1) is 0 Å². The fourth-order valence-corrected chi connectivity index (χ4v) is 49.0. The molecular weight excluding hydrogens is 1460 g/mol. The molecule has 4 aromatic rings. The molecule has 4 aromatic carbocycles. The molecule has 0 spiro atoms. The molecule has 0 atom stereocenters. The van der Waals surface area contributed by atoms with Crippen LogP contribution in [0, 0.1) is 0 Å². The van der Waals surface area contributed by atoms with Crippen LogP contribution in [0.2, 0.25) is 0 Å². The van der Waals surface area contributed by atoms with Crippen LogP contribution >= 0.6 is 76.5 Å². The monoisotopic (exact) mass is 1520 g/mol. The molecule has 3 heterocycles. The van der Waals surface area contributed by atoms with E-state index in [1.165, 1.54) is 54.0 Å². The molecule has 0 aliphatic carbocycles. The van der Waals surface area contributed by atoms with Crippen LogP contribution in [0.25, 0.3) is 32.3 Å². The standard InChI is InChI=1S/C42H54Br6O6Te3/c1-7-13-19-49-31-32(50-20-14-8-2)38-26-25-27-29-30-28(26)40(56(38,45)46)35(53-23-17-11-5)36(54-24-18-12-6)42(30)57(47,48)41(29)34(52-22-16-10-4)33(51-21-15-9-3)39(27)55(43,44)37(25)31/h7-24H2,1-6H3. The SMILES string of the molecule is CCCCOc1c(OCCCC)c2c3c4c1[Te](Br)(Br)c1c(OCCCC)c(OCCCC)c5c(c14)c1c(c(OCCCC)c(OCCCC)c(c31)[Te]2(Br)Br)[Te]5(Br)Br. The second-order valence-corrected chi connectivity index (χ2v) is 86.4. The fraction of sp³-hybridized carbons (Fsp3) is 0.571. The first-order chi connectivity index (χ1) is 27.4. The van der Waals surface area contributed by atoms with E-state index in [2.05, 4.69) is 118 Å². The molecule has 0 radical (unpaired) electrons. The Morgan fingerprint density at radius 2 is 0.421 bits per heavy atom. The van der Waals surface area contributed by atoms with Crippen molar-refractivity contribution in [3.05, 3.63) is 0 Å². The van der Waals surface area contributed by atoms with Crippen molar-refractivity contribution in [1.29, 1.82) is 0 Å². The molecule has 3 aliphatic heterocycles. The molecule has 57 heavy (non-hydrogen) atoms. The van der Waals surface area contributed by atoms with Gasteiger partial charge in [-0.1, -0.05) is 0 Å². The van der Waals surface area contributed by atoms with Crippen LogP contribution in [0.15, 0.2) is 0 Å². The van der Waals surface area contributed by atoms with Gasteiger partial charge in [-0.15, -0.1) is 0 Å². The summed E-state index contributed by atoms with van der Waals surface area (Å²) in [6.45, 7) is 17.0. The van der Waals surface area contributed by atoms with Gasteiger partial charge in [-0.25, -0.2) is 0 Å². The second kappa shape index (κ2) is 19.4. The van der Waals surface area contributed by atoms with Gasteiger partial charge in [-0.05, 0) is 0 Å². The van der Waals surface area contributed by atoms with Crippen molar-refractivity contribution in [3.63, 3.8) is 0 Å². The number of ether oxygens (including phenoxy) is 6. The van der Waals surface area contributed by atoms with Crippen LogP contribution in [0.1, 0.15) is 119 Å². The summed E-state index contributed by atoms with van der Waals surface area (Å²) < 4.78 is 50.0. The minimum absolute atomic E-state index is 0.611. The Hall–Kier alpha value is 1.71. The molecule has 0 fully saturated rings. The molecule has 3 aliphatic rings. The van der Waals surface area contributed by atoms with Gasteiger partial charge in [0.25, 0.3) is 0 Å². The molecule has 15 heteroatoms. The van der Waals surface area contributed by atoms with Crippen LogP contribution in [0.5, 0.6) is 34.5 Å². The third-order valence-electron chi connectivity index (χ3n) is 10.7. The molecule has 0 unspecified atom stereocenters. The first-order valence-electron chi connectivity index (χ1n) is 20.6. The van der Waals surface area contributed by atoms with Gasteiger partial charge >= 0.3 is 393 Å². The van der Waals surface area contributed by atoms with Crippen LogP contribution in [0.3, 0.4) is 0 Å². The van der Waals surface area contributed by atoms with E-state index in [4.69, 9.17) is 28.4 Å². The van der Waals surface area contributed by atoms with Gasteiger partial charge in [0, 0.05) is 0 Å². The van der Waals surface area contributed by atoms with Crippen molar-refractivity contribution in [3.8, 4) is 34.5 Å². The summed E-state index contributed by atoms with van der Waals surface area (Å²) in [7, 11) is 0. The fourth-order valence-electron chi connectivity index (χ4n) is 7.88. The summed E-state index contributed by atoms with van der Waals surface area (Å²) in [5.41, 5.74) is 0. The Balaban J connectivity index is 1.74. The molecular formula is C42H54Br6O6Te3. The first-order valence-corrected chi connectivity index (χ1v) is 58.9. The average molecular weight is 1520 g/mol. The van der Waals surface area contributed by atoms with Crippen molar-refractivity contribution in [2.45, 2.75) is 119 Å². The zero-order valence-electron chi connectivity index (χ0n) is 33.7. The van der Waals surface area contributed by atoms with Crippen molar-refractivity contribution >= 4 is 172 Å². The number of halogens is 6. The summed E-state index contributed by atoms with van der Waals surface area (Å²) in [5.74, 6) is 5.27. The Kier molecular flexibility index (Phi) is 15.9. The van der Waals surface area contributed by atoms with E-state index in [-0.39, 0.29) is 0 Å². The third kappa shape index (κ3) is 7.78. The van der Waals surface area contributed by atoms with Gasteiger partial charge in [-0.3, -0.25) is 0 Å². The van der Waals surface area contributed by atoms with Gasteiger partial charge in [0.1, 0.15) is 0 Å². The van der Waals surface area contributed by atoms with Gasteiger partial charge < -0.3 is 0 Å². The van der Waals surface area contributed by atoms with Crippen LogP contribution in [0.4, 0.5) is 0 Å². The average Bonchev–Trinajstić information content (AvgIpc) is 3.67. The Morgan fingerprint density at radius 1 is 0.281 bits per heavy atom. The number of rotatable bonds is 24. The van der Waals surface area contributed by atoms with Gasteiger partial charge in [0.2, 0.25) is 0 Å². The molecule has 0 amide bonds. The maximum absolute atomic E-state index is 7.10. The summed E-state index contributed by atoms with van der Waals surface area (Å²) in [6, 6.07) is 0. The third-order valence-corrected chi connectivity index (χ3v) is 52.2. The quantitative estimate of drug-likeness (QED) is 0.0396. The Bertz CT molecular complexity index is 1780. The summed E-state index contributed by atoms with van der Waals surface area (Å²) in [4.78, 5) is 0. The van der Waals surface area contributed by atoms with E-state index in [1.807, 2.05) is 0 Å². The van der Waals surface area contributed by atoms with Crippen LogP contribution < -0.4 is 50.1 Å². The zero-order chi connectivity index (χ0) is 40.9. The molecule has 0 saturated carbocycles. The summed E-state index contributed by atoms with van der Waals surface area (Å²) >= 11 is 16.2. The van der Waals surface area contributed by atoms with Crippen LogP contribution in [-0.4, -0.2) is 80.9 Å². The number of hydrogen-bond donors (Lipinski definition) is 0. The van der Waals surface area contributed by atoms with Gasteiger partial charge in [0.15, 0.2) is 0 Å². The number of hydrogen-bond acceptors (Lipinski definition) is 6. The van der Waals surface area contributed by atoms with Crippen LogP contribution in [-0.2, 0) is 0 Å². The predicted molar refractivity (Wildman–Crippen MR) is 270 cm³/mol. The second-order valence-electron chi connectivity index (χ2n) is 14.8. The van der Waals surface area contributed by atoms with E-state index in [9.17, 15) is 0 Å². The van der Waals surface area contributed by atoms with E-state index < -0.39 is 41.3 Å². The predicted octanol–water partition coefficient (Wildman–Crippen LogP) is 11.2. The molecule has 0 N–H and O–H groups in total. The van der Waals surface area contributed by atoms with E-state index in [0.29, 0.717) is 39.6 Å². The van der Waals surface area contributed by atoms with Crippen molar-refractivity contribution < 1.29 is 28.4 Å². The van der Waals surface area contributed by atoms with Crippen molar-refractivity contribution in [2.24, 2.45) is 0 Å². The molecule has 0 bridgehead atoms. The van der Waals surface area contributed by atoms with E-state index in [0.717, 1.165) is 112 Å². The number of unbranched alkanes of at least 4 members (excludes halogenated alkanes) is 6. The molecule has 7 rings (SSSR count). The topological polar surface area (TPSA) is 55.4 Å². The Labute approximate surface area is 387 Å². The van der Waals surface area contributed by atoms with E-state index >= 15 is 0 Å². The normalized spacial score (nSPS) is 17.7. The minimum atomic E-state index is -3.72. The molecule has 0 saturated heterocycles. The zero-order valence-corrected chi connectivity index (χ0v) is 50.2. The van der Waals surface area contributed by atoms with Gasteiger partial charge in [-0.2, -0.15) is 0 Å². The molecule has 0 aromatic heterocycles. The molecule has 6 nitrogen and oxygen atoms in total. The van der Waals surface area contributed by atoms with E-state index in [1.54, 1.807) is 0 Å². The Morgan fingerprint density at radius 3 is 0.544 bits per heavy atom. The van der Waals surface area contributed by atoms with Crippen molar-refractivity contribution in [1.82, 2.24) is 0 Å². The summed E-state index contributed by atoms with van der Waals surface area (Å²) in [5, 5.41) is 7.62. The first kappa shape index (κ1) is 46.7.